The molecule has 0 fully saturated rings. The Bertz CT molecular complexity index is 1100. The summed E-state index contributed by atoms with van der Waals surface area (Å²) in [5, 5.41) is 1.32. The molecule has 0 atom stereocenters. The van der Waals surface area contributed by atoms with Crippen LogP contribution >= 0.6 is 0 Å². The van der Waals surface area contributed by atoms with Gasteiger partial charge in [0.25, 0.3) is 16.4 Å². The highest BCUT2D eigenvalue weighted by Gasteiger charge is 2.23. The van der Waals surface area contributed by atoms with Crippen molar-refractivity contribution in [2.24, 2.45) is 0 Å². The first-order valence-electron chi connectivity index (χ1n) is 8.40. The highest BCUT2D eigenvalue weighted by atomic mass is 32.2. The van der Waals surface area contributed by atoms with E-state index in [1.165, 1.54) is 0 Å². The molecule has 0 radical (unpaired) electrons. The molecule has 0 spiro atoms. The summed E-state index contributed by atoms with van der Waals surface area (Å²) in [7, 11) is -3.80. The topological polar surface area (TPSA) is 62.3 Å². The number of alkyl halides is 2. The van der Waals surface area contributed by atoms with Gasteiger partial charge in [0, 0.05) is 41.9 Å². The van der Waals surface area contributed by atoms with Crippen LogP contribution in [0, 0.1) is 0 Å². The molecule has 1 aliphatic rings. The van der Waals surface area contributed by atoms with E-state index in [9.17, 15) is 17.2 Å². The van der Waals surface area contributed by atoms with Crippen LogP contribution in [-0.4, -0.2) is 31.3 Å². The minimum atomic E-state index is -3.80. The van der Waals surface area contributed by atoms with E-state index in [-0.39, 0.29) is 11.4 Å². The van der Waals surface area contributed by atoms with Gasteiger partial charge < -0.3 is 0 Å². The number of benzene rings is 2. The number of nitrogens with one attached hydrogen (secondary N) is 1. The molecule has 2 aromatic carbocycles. The second-order valence-electron chi connectivity index (χ2n) is 6.50. The van der Waals surface area contributed by atoms with Crippen molar-refractivity contribution in [2.45, 2.75) is 24.4 Å². The number of fused-ring (bicyclic) bond motifs is 2. The molecule has 1 aromatic heterocycles. The molecule has 2 heterocycles. The van der Waals surface area contributed by atoms with Gasteiger partial charge in [-0.1, -0.05) is 18.2 Å². The largest absolute Gasteiger partial charge is 0.289 e. The van der Waals surface area contributed by atoms with Crippen LogP contribution in [-0.2, 0) is 23.1 Å². The first-order chi connectivity index (χ1) is 12.9. The van der Waals surface area contributed by atoms with E-state index in [1.807, 2.05) is 0 Å². The molecule has 0 amide bonds. The Morgan fingerprint density at radius 2 is 1.93 bits per heavy atom. The fourth-order valence-corrected chi connectivity index (χ4v) is 4.67. The zero-order valence-electron chi connectivity index (χ0n) is 14.3. The van der Waals surface area contributed by atoms with Gasteiger partial charge in [-0.05, 0) is 35.4 Å². The number of aromatic nitrogens is 1. The summed E-state index contributed by atoms with van der Waals surface area (Å²) in [6, 6.07) is 11.8. The van der Waals surface area contributed by atoms with Crippen LogP contribution in [0.2, 0.25) is 0 Å². The first kappa shape index (κ1) is 17.8. The number of rotatable bonds is 5. The second-order valence-corrected chi connectivity index (χ2v) is 8.15. The quantitative estimate of drug-likeness (QED) is 0.724. The van der Waals surface area contributed by atoms with Gasteiger partial charge in [-0.2, -0.15) is 0 Å². The Morgan fingerprint density at radius 1 is 1.11 bits per heavy atom. The lowest BCUT2D eigenvalue weighted by Crippen LogP contribution is -2.22. The summed E-state index contributed by atoms with van der Waals surface area (Å²) >= 11 is 0. The van der Waals surface area contributed by atoms with Crippen molar-refractivity contribution in [3.63, 3.8) is 0 Å². The molecule has 140 valence electrons. The van der Waals surface area contributed by atoms with Gasteiger partial charge in [0.2, 0.25) is 0 Å². The molecular formula is C19H17F2N3O2S. The molecule has 3 aromatic rings. The third-order valence-corrected chi connectivity index (χ3v) is 6.01. The van der Waals surface area contributed by atoms with Gasteiger partial charge in [0.1, 0.15) is 0 Å². The van der Waals surface area contributed by atoms with Crippen LogP contribution in [0.4, 0.5) is 14.5 Å². The monoisotopic (exact) mass is 389 g/mol. The maximum atomic E-state index is 12.9. The Morgan fingerprint density at radius 3 is 2.74 bits per heavy atom. The van der Waals surface area contributed by atoms with E-state index in [0.717, 1.165) is 16.5 Å². The van der Waals surface area contributed by atoms with Crippen molar-refractivity contribution in [1.82, 2.24) is 9.88 Å². The lowest BCUT2D eigenvalue weighted by atomic mass is 10.1. The zero-order chi connectivity index (χ0) is 19.0. The van der Waals surface area contributed by atoms with Crippen LogP contribution in [0.15, 0.2) is 59.8 Å². The maximum Gasteiger partial charge on any atom is 0.262 e. The van der Waals surface area contributed by atoms with E-state index in [4.69, 9.17) is 0 Å². The molecule has 0 unspecified atom stereocenters. The molecule has 1 aliphatic heterocycles. The minimum Gasteiger partial charge on any atom is -0.289 e. The van der Waals surface area contributed by atoms with Crippen LogP contribution < -0.4 is 4.72 Å². The van der Waals surface area contributed by atoms with E-state index in [0.29, 0.717) is 24.2 Å². The number of hydrogen-bond acceptors (Lipinski definition) is 4. The Labute approximate surface area is 155 Å². The standard InChI is InChI=1S/C19H17F2N3O2S/c20-19(21)12-24-10-14-4-5-16(8-15(14)11-24)23-27(25,26)18-3-1-2-13-9-22-7-6-17(13)18/h1-9,19,23H,10-12H2. The summed E-state index contributed by atoms with van der Waals surface area (Å²) in [6.45, 7) is 0.540. The molecule has 27 heavy (non-hydrogen) atoms. The number of nitrogens with zero attached hydrogens (tertiary/aromatic N) is 2. The highest BCUT2D eigenvalue weighted by Crippen LogP contribution is 2.29. The van der Waals surface area contributed by atoms with Crippen LogP contribution in [0.5, 0.6) is 0 Å². The highest BCUT2D eigenvalue weighted by molar-refractivity contribution is 7.93. The average molecular weight is 389 g/mol. The van der Waals surface area contributed by atoms with Gasteiger partial charge in [0.15, 0.2) is 0 Å². The maximum absolute atomic E-state index is 12.9. The van der Waals surface area contributed by atoms with Gasteiger partial charge in [-0.15, -0.1) is 0 Å². The lowest BCUT2D eigenvalue weighted by molar-refractivity contribution is 0.0873. The SMILES string of the molecule is O=S(=O)(Nc1ccc2c(c1)CN(CC(F)F)C2)c1cccc2cnccc12. The van der Waals surface area contributed by atoms with Crippen molar-refractivity contribution >= 4 is 26.5 Å². The predicted molar refractivity (Wildman–Crippen MR) is 99.1 cm³/mol. The molecule has 0 aliphatic carbocycles. The molecule has 0 bridgehead atoms. The summed E-state index contributed by atoms with van der Waals surface area (Å²) in [4.78, 5) is 5.83. The Hall–Kier alpha value is -2.58. The van der Waals surface area contributed by atoms with Gasteiger partial charge in [-0.3, -0.25) is 14.6 Å². The number of hydrogen-bond donors (Lipinski definition) is 1. The number of pyridine rings is 1. The van der Waals surface area contributed by atoms with E-state index < -0.39 is 16.4 Å². The van der Waals surface area contributed by atoms with Gasteiger partial charge >= 0.3 is 0 Å². The number of halogens is 2. The van der Waals surface area contributed by atoms with Crippen LogP contribution in [0.25, 0.3) is 10.8 Å². The second kappa shape index (κ2) is 6.86. The summed E-state index contributed by atoms with van der Waals surface area (Å²) in [5.74, 6) is 0. The normalized spacial score (nSPS) is 14.6. The van der Waals surface area contributed by atoms with Crippen molar-refractivity contribution in [3.05, 3.63) is 66.0 Å². The molecule has 0 saturated heterocycles. The predicted octanol–water partition coefficient (Wildman–Crippen LogP) is 3.62. The number of sulfonamides is 1. The van der Waals surface area contributed by atoms with Crippen molar-refractivity contribution in [3.8, 4) is 0 Å². The molecule has 8 heteroatoms. The first-order valence-corrected chi connectivity index (χ1v) is 9.88. The van der Waals surface area contributed by atoms with Crippen LogP contribution in [0.3, 0.4) is 0 Å². The lowest BCUT2D eigenvalue weighted by Gasteiger charge is -2.13. The number of anilines is 1. The van der Waals surface area contributed by atoms with Gasteiger partial charge in [-0.25, -0.2) is 17.2 Å². The Kier molecular flexibility index (Phi) is 4.53. The van der Waals surface area contributed by atoms with Crippen molar-refractivity contribution in [2.75, 3.05) is 11.3 Å². The van der Waals surface area contributed by atoms with E-state index >= 15 is 0 Å². The molecule has 4 rings (SSSR count). The third kappa shape index (κ3) is 3.63. The summed E-state index contributed by atoms with van der Waals surface area (Å²) in [6.07, 6.45) is 0.772. The Balaban J connectivity index is 1.61. The zero-order valence-corrected chi connectivity index (χ0v) is 15.1. The van der Waals surface area contributed by atoms with E-state index in [1.54, 1.807) is 59.8 Å². The molecule has 0 saturated carbocycles. The molecule has 1 N–H and O–H groups in total. The average Bonchev–Trinajstić information content (AvgIpc) is 3.01. The third-order valence-electron chi connectivity index (χ3n) is 4.57. The smallest absolute Gasteiger partial charge is 0.262 e. The minimum absolute atomic E-state index is 0.169. The summed E-state index contributed by atoms with van der Waals surface area (Å²) in [5.41, 5.74) is 2.21. The van der Waals surface area contributed by atoms with Crippen molar-refractivity contribution < 1.29 is 17.2 Å². The van der Waals surface area contributed by atoms with E-state index in [2.05, 4.69) is 9.71 Å². The van der Waals surface area contributed by atoms with Crippen LogP contribution in [0.1, 0.15) is 11.1 Å². The fraction of sp³-hybridized carbons (Fsp3) is 0.211. The molecule has 5 nitrogen and oxygen atoms in total. The van der Waals surface area contributed by atoms with Crippen molar-refractivity contribution in [1.29, 1.82) is 0 Å². The summed E-state index contributed by atoms with van der Waals surface area (Å²) < 4.78 is 53.5. The molecular weight excluding hydrogens is 372 g/mol. The fourth-order valence-electron chi connectivity index (χ4n) is 3.39. The van der Waals surface area contributed by atoms with Gasteiger partial charge in [0.05, 0.1) is 11.4 Å².